The molecule has 3 heterocycles. The second-order valence-electron chi connectivity index (χ2n) is 7.38. The van der Waals surface area contributed by atoms with Crippen molar-refractivity contribution in [1.29, 1.82) is 0 Å². The van der Waals surface area contributed by atoms with E-state index < -0.39 is 12.7 Å². The van der Waals surface area contributed by atoms with Crippen LogP contribution in [0.25, 0.3) is 33.3 Å². The molecule has 0 N–H and O–H groups in total. The van der Waals surface area contributed by atoms with Crippen molar-refractivity contribution in [3.63, 3.8) is 0 Å². The highest BCUT2D eigenvalue weighted by Gasteiger charge is 2.19. The molecule has 0 radical (unpaired) electrons. The van der Waals surface area contributed by atoms with Crippen LogP contribution in [-0.2, 0) is 0 Å². The fraction of sp³-hybridized carbons (Fsp3) is 0.333. The fourth-order valence-corrected chi connectivity index (χ4v) is 4.25. The first kappa shape index (κ1) is 12.7. The number of benzene rings is 1. The van der Waals surface area contributed by atoms with Gasteiger partial charge in [-0.3, -0.25) is 4.98 Å². The van der Waals surface area contributed by atoms with E-state index in [4.69, 9.17) is 9.90 Å². The van der Waals surface area contributed by atoms with Crippen LogP contribution in [0.4, 0.5) is 0 Å². The van der Waals surface area contributed by atoms with Crippen LogP contribution in [0.2, 0.25) is 0 Å². The molecule has 136 valence electrons. The topological polar surface area (TPSA) is 38.9 Å². The minimum Gasteiger partial charge on any atom is -0.437 e. The Hall–Kier alpha value is -2.68. The molecule has 0 aliphatic heterocycles. The van der Waals surface area contributed by atoms with E-state index in [1.807, 2.05) is 37.3 Å². The highest BCUT2D eigenvalue weighted by molar-refractivity contribution is 6.09. The zero-order valence-electron chi connectivity index (χ0n) is 19.4. The van der Waals surface area contributed by atoms with E-state index in [2.05, 4.69) is 9.97 Å². The molecular formula is C24H24N2O. The van der Waals surface area contributed by atoms with Gasteiger partial charge in [0.25, 0.3) is 0 Å². The van der Waals surface area contributed by atoms with Crippen molar-refractivity contribution >= 4 is 22.1 Å². The predicted molar refractivity (Wildman–Crippen MR) is 110 cm³/mol. The number of nitrogens with zero attached hydrogens (tertiary/aromatic N) is 2. The summed E-state index contributed by atoms with van der Waals surface area (Å²) in [6.45, 7) is -0.411. The average molecular weight is 360 g/mol. The summed E-state index contributed by atoms with van der Waals surface area (Å²) in [5.41, 5.74) is 4.40. The minimum absolute atomic E-state index is 0.0340. The van der Waals surface area contributed by atoms with Gasteiger partial charge in [-0.2, -0.15) is 0 Å². The predicted octanol–water partition coefficient (Wildman–Crippen LogP) is 6.71. The van der Waals surface area contributed by atoms with E-state index in [0.717, 1.165) is 58.8 Å². The highest BCUT2D eigenvalue weighted by Crippen LogP contribution is 2.38. The molecule has 1 aromatic carbocycles. The van der Waals surface area contributed by atoms with Gasteiger partial charge in [0, 0.05) is 28.3 Å². The number of furan rings is 1. The van der Waals surface area contributed by atoms with Gasteiger partial charge in [-0.25, -0.2) is 4.98 Å². The maximum atomic E-state index is 8.97. The maximum absolute atomic E-state index is 8.97. The third-order valence-corrected chi connectivity index (χ3v) is 5.57. The molecule has 4 aromatic rings. The Kier molecular flexibility index (Phi) is 3.04. The van der Waals surface area contributed by atoms with E-state index in [-0.39, 0.29) is 5.69 Å². The number of fused-ring (bicyclic) bond motifs is 3. The minimum atomic E-state index is -2.29. The lowest BCUT2D eigenvalue weighted by Gasteiger charge is -2.22. The summed E-state index contributed by atoms with van der Waals surface area (Å²) < 4.78 is 38.2. The average Bonchev–Trinajstić information content (AvgIpc) is 3.13. The number of pyridine rings is 2. The second-order valence-corrected chi connectivity index (χ2v) is 7.38. The lowest BCUT2D eigenvalue weighted by Crippen LogP contribution is -2.04. The molecule has 0 amide bonds. The third kappa shape index (κ3) is 2.82. The molecule has 0 unspecified atom stereocenters. The Labute approximate surface area is 165 Å². The SMILES string of the molecule is [2H]C([2H])([2H])c1cc(C)c2c(n1)oc1c(-c3cc(C4([2H])CCCCC4)ccn3)cccc12. The molecule has 3 nitrogen and oxygen atoms in total. The van der Waals surface area contributed by atoms with Crippen LogP contribution >= 0.6 is 0 Å². The summed E-state index contributed by atoms with van der Waals surface area (Å²) in [5.74, 6) is -0.565. The molecule has 1 fully saturated rings. The molecule has 0 atom stereocenters. The van der Waals surface area contributed by atoms with Crippen molar-refractivity contribution in [2.75, 3.05) is 0 Å². The van der Waals surface area contributed by atoms with E-state index in [9.17, 15) is 0 Å². The molecule has 0 bridgehead atoms. The van der Waals surface area contributed by atoms with Crippen LogP contribution in [0, 0.1) is 13.8 Å². The van der Waals surface area contributed by atoms with Gasteiger partial charge in [0.1, 0.15) is 5.58 Å². The number of hydrogen-bond acceptors (Lipinski definition) is 3. The Morgan fingerprint density at radius 2 is 2.04 bits per heavy atom. The molecule has 0 saturated heterocycles. The fourth-order valence-electron chi connectivity index (χ4n) is 4.25. The monoisotopic (exact) mass is 360 g/mol. The number of rotatable bonds is 2. The molecule has 3 heteroatoms. The molecule has 1 saturated carbocycles. The van der Waals surface area contributed by atoms with Crippen LogP contribution < -0.4 is 0 Å². The van der Waals surface area contributed by atoms with Crippen molar-refractivity contribution in [2.45, 2.75) is 51.8 Å². The van der Waals surface area contributed by atoms with Crippen LogP contribution in [0.15, 0.2) is 47.0 Å². The first-order chi connectivity index (χ1) is 14.8. The molecule has 3 aromatic heterocycles. The lowest BCUT2D eigenvalue weighted by atomic mass is 9.84. The Morgan fingerprint density at radius 3 is 2.89 bits per heavy atom. The van der Waals surface area contributed by atoms with Crippen LogP contribution in [0.1, 0.15) is 60.3 Å². The Balaban J connectivity index is 1.69. The molecule has 0 spiro atoms. The lowest BCUT2D eigenvalue weighted by molar-refractivity contribution is 0.443. The van der Waals surface area contributed by atoms with Gasteiger partial charge in [-0.15, -0.1) is 0 Å². The molecule has 5 rings (SSSR count). The van der Waals surface area contributed by atoms with E-state index in [0.29, 0.717) is 11.3 Å². The number of aromatic nitrogens is 2. The van der Waals surface area contributed by atoms with E-state index in [1.165, 1.54) is 6.42 Å². The summed E-state index contributed by atoms with van der Waals surface area (Å²) in [6.07, 6.45) is 6.86. The van der Waals surface area contributed by atoms with Crippen LogP contribution in [0.5, 0.6) is 0 Å². The molecule has 27 heavy (non-hydrogen) atoms. The van der Waals surface area contributed by atoms with Crippen LogP contribution in [0.3, 0.4) is 0 Å². The number of aryl methyl sites for hydroxylation is 2. The van der Waals surface area contributed by atoms with E-state index >= 15 is 0 Å². The summed E-state index contributed by atoms with van der Waals surface area (Å²) >= 11 is 0. The third-order valence-electron chi connectivity index (χ3n) is 5.57. The number of para-hydroxylation sites is 1. The van der Waals surface area contributed by atoms with E-state index in [1.54, 1.807) is 12.3 Å². The van der Waals surface area contributed by atoms with Gasteiger partial charge in [-0.05, 0) is 67.9 Å². The van der Waals surface area contributed by atoms with Gasteiger partial charge in [-0.1, -0.05) is 31.4 Å². The Bertz CT molecular complexity index is 1290. The quantitative estimate of drug-likeness (QED) is 0.399. The summed E-state index contributed by atoms with van der Waals surface area (Å²) in [4.78, 5) is 8.88. The standard InChI is InChI=1S/C24H24N2O/c1-15-13-16(2)26-24-22(15)20-10-6-9-19(23(20)27-24)21-14-18(11-12-25-21)17-7-4-3-5-8-17/h6,9-14,17H,3-5,7-8H2,1-2H3/i2D3,17D. The van der Waals surface area contributed by atoms with Gasteiger partial charge in [0.15, 0.2) is 0 Å². The largest absolute Gasteiger partial charge is 0.437 e. The van der Waals surface area contributed by atoms with Crippen molar-refractivity contribution in [3.05, 3.63) is 59.4 Å². The van der Waals surface area contributed by atoms with Gasteiger partial charge < -0.3 is 4.42 Å². The zero-order chi connectivity index (χ0) is 21.8. The zero-order valence-corrected chi connectivity index (χ0v) is 15.4. The second kappa shape index (κ2) is 6.49. The summed E-state index contributed by atoms with van der Waals surface area (Å²) in [7, 11) is 0. The summed E-state index contributed by atoms with van der Waals surface area (Å²) in [6, 6.07) is 11.4. The maximum Gasteiger partial charge on any atom is 0.227 e. The molecular weight excluding hydrogens is 332 g/mol. The van der Waals surface area contributed by atoms with Gasteiger partial charge in [0.05, 0.1) is 11.1 Å². The first-order valence-corrected chi connectivity index (χ1v) is 9.57. The smallest absolute Gasteiger partial charge is 0.227 e. The highest BCUT2D eigenvalue weighted by atomic mass is 16.3. The number of hydrogen-bond donors (Lipinski definition) is 0. The first-order valence-electron chi connectivity index (χ1n) is 11.6. The van der Waals surface area contributed by atoms with Crippen molar-refractivity contribution in [2.24, 2.45) is 0 Å². The molecule has 1 aliphatic rings. The normalized spacial score (nSPS) is 19.4. The Morgan fingerprint density at radius 1 is 1.15 bits per heavy atom. The van der Waals surface area contributed by atoms with Crippen molar-refractivity contribution in [1.82, 2.24) is 9.97 Å². The van der Waals surface area contributed by atoms with Gasteiger partial charge >= 0.3 is 0 Å². The van der Waals surface area contributed by atoms with Gasteiger partial charge in [0.2, 0.25) is 5.71 Å². The van der Waals surface area contributed by atoms with Crippen molar-refractivity contribution < 1.29 is 9.90 Å². The van der Waals surface area contributed by atoms with Crippen molar-refractivity contribution in [3.8, 4) is 11.3 Å². The molecule has 1 aliphatic carbocycles. The van der Waals surface area contributed by atoms with Crippen LogP contribution in [-0.4, -0.2) is 9.97 Å². The summed E-state index contributed by atoms with van der Waals surface area (Å²) in [5, 5.41) is 1.71.